The lowest BCUT2D eigenvalue weighted by atomic mass is 9.48. The molecule has 2 N–H and O–H groups in total. The Labute approximate surface area is 233 Å². The van der Waals surface area contributed by atoms with Crippen LogP contribution in [0.2, 0.25) is 0 Å². The number of halogens is 2. The second-order valence-electron chi connectivity index (χ2n) is 14.8. The highest BCUT2D eigenvalue weighted by atomic mass is 19.3. The van der Waals surface area contributed by atoms with Crippen LogP contribution in [-0.2, 0) is 28.6 Å². The molecule has 0 amide bonds. The van der Waals surface area contributed by atoms with Crippen molar-refractivity contribution >= 4 is 17.9 Å². The van der Waals surface area contributed by atoms with E-state index in [1.807, 2.05) is 0 Å². The van der Waals surface area contributed by atoms with Gasteiger partial charge in [0.1, 0.15) is 18.6 Å². The van der Waals surface area contributed by atoms with Crippen molar-refractivity contribution in [3.63, 3.8) is 0 Å². The van der Waals surface area contributed by atoms with Gasteiger partial charge in [-0.15, -0.1) is 0 Å². The number of hydrogen-bond acceptors (Lipinski definition) is 8. The van der Waals surface area contributed by atoms with Gasteiger partial charge >= 0.3 is 17.9 Å². The molecule has 8 fully saturated rings. The van der Waals surface area contributed by atoms with Crippen molar-refractivity contribution in [1.29, 1.82) is 0 Å². The van der Waals surface area contributed by atoms with Crippen LogP contribution in [-0.4, -0.2) is 66.1 Å². The summed E-state index contributed by atoms with van der Waals surface area (Å²) in [5.41, 5.74) is -3.10. The second kappa shape index (κ2) is 9.61. The Balaban J connectivity index is 1.14. The van der Waals surface area contributed by atoms with E-state index in [9.17, 15) is 33.4 Å². The zero-order valence-corrected chi connectivity index (χ0v) is 23.4. The maximum atomic E-state index is 13.5. The summed E-state index contributed by atoms with van der Waals surface area (Å²) in [6.45, 7) is -0.00548. The molecule has 8 aliphatic rings. The van der Waals surface area contributed by atoms with Crippen LogP contribution in [0.1, 0.15) is 78.1 Å². The minimum Gasteiger partial charge on any atom is -0.464 e. The average Bonchev–Trinajstić information content (AvgIpc) is 2.89. The summed E-state index contributed by atoms with van der Waals surface area (Å²) < 4.78 is 43.4. The molecule has 224 valence electrons. The van der Waals surface area contributed by atoms with Gasteiger partial charge in [0.05, 0.1) is 23.0 Å². The average molecular weight is 569 g/mol. The van der Waals surface area contributed by atoms with Crippen LogP contribution in [0.4, 0.5) is 8.78 Å². The second-order valence-corrected chi connectivity index (χ2v) is 14.8. The first kappa shape index (κ1) is 28.3. The van der Waals surface area contributed by atoms with Gasteiger partial charge < -0.3 is 24.4 Å². The van der Waals surface area contributed by atoms with E-state index >= 15 is 0 Å². The molecule has 8 aliphatic carbocycles. The number of carbonyl (C=O) groups is 3. The number of rotatable bonds is 9. The van der Waals surface area contributed by atoms with Crippen molar-refractivity contribution in [3.8, 4) is 0 Å². The maximum absolute atomic E-state index is 13.5. The molecular weight excluding hydrogens is 526 g/mol. The van der Waals surface area contributed by atoms with E-state index in [0.717, 1.165) is 25.7 Å². The van der Waals surface area contributed by atoms with E-state index in [2.05, 4.69) is 0 Å². The summed E-state index contributed by atoms with van der Waals surface area (Å²) >= 11 is 0. The fraction of sp³-hybridized carbons (Fsp3) is 0.900. The molecule has 8 bridgehead atoms. The van der Waals surface area contributed by atoms with Gasteiger partial charge in [-0.2, -0.15) is 0 Å². The Bertz CT molecular complexity index is 959. The third kappa shape index (κ3) is 4.84. The van der Waals surface area contributed by atoms with Crippen LogP contribution in [0.25, 0.3) is 0 Å². The smallest absolute Gasteiger partial charge is 0.319 e. The predicted molar refractivity (Wildman–Crippen MR) is 136 cm³/mol. The molecule has 0 spiro atoms. The Morgan fingerprint density at radius 3 is 1.40 bits per heavy atom. The molecule has 0 aromatic heterocycles. The van der Waals surface area contributed by atoms with E-state index in [0.29, 0.717) is 57.3 Å². The number of ether oxygens (including phenoxy) is 3. The molecule has 0 aliphatic heterocycles. The van der Waals surface area contributed by atoms with Crippen LogP contribution >= 0.6 is 0 Å². The number of carbonyl (C=O) groups excluding carboxylic acids is 3. The van der Waals surface area contributed by atoms with Crippen LogP contribution in [0.3, 0.4) is 0 Å². The molecule has 0 radical (unpaired) electrons. The summed E-state index contributed by atoms with van der Waals surface area (Å²) in [4.78, 5) is 40.1. The van der Waals surface area contributed by atoms with Crippen molar-refractivity contribution < 1.29 is 47.6 Å². The molecule has 4 atom stereocenters. The largest absolute Gasteiger partial charge is 0.464 e. The number of aliphatic hydroxyl groups excluding tert-OH is 2. The number of alkyl halides is 2. The highest BCUT2D eigenvalue weighted by Gasteiger charge is 2.61. The molecular formula is C30H42F2O8. The Hall–Kier alpha value is -1.81. The van der Waals surface area contributed by atoms with E-state index in [4.69, 9.17) is 14.2 Å². The molecule has 10 heteroatoms. The van der Waals surface area contributed by atoms with Gasteiger partial charge in [-0.05, 0) is 107 Å². The maximum Gasteiger partial charge on any atom is 0.319 e. The van der Waals surface area contributed by atoms with Crippen molar-refractivity contribution in [2.24, 2.45) is 51.8 Å². The lowest BCUT2D eigenvalue weighted by Gasteiger charge is -2.57. The van der Waals surface area contributed by atoms with Crippen LogP contribution in [0.5, 0.6) is 0 Å². The first-order valence-corrected chi connectivity index (χ1v) is 15.0. The third-order valence-electron chi connectivity index (χ3n) is 11.3. The minimum atomic E-state index is -3.25. The fourth-order valence-corrected chi connectivity index (χ4v) is 9.78. The van der Waals surface area contributed by atoms with E-state index in [1.54, 1.807) is 0 Å². The topological polar surface area (TPSA) is 119 Å². The number of aliphatic hydroxyl groups is 2. The first-order chi connectivity index (χ1) is 18.7. The van der Waals surface area contributed by atoms with Gasteiger partial charge in [-0.1, -0.05) is 0 Å². The van der Waals surface area contributed by atoms with Gasteiger partial charge in [0.25, 0.3) is 5.92 Å². The lowest BCUT2D eigenvalue weighted by molar-refractivity contribution is -0.197. The molecule has 40 heavy (non-hydrogen) atoms. The summed E-state index contributed by atoms with van der Waals surface area (Å²) in [7, 11) is 0. The molecule has 0 aromatic rings. The first-order valence-electron chi connectivity index (χ1n) is 15.0. The van der Waals surface area contributed by atoms with Crippen LogP contribution in [0.15, 0.2) is 0 Å². The predicted octanol–water partition coefficient (Wildman–Crippen LogP) is 3.65. The van der Waals surface area contributed by atoms with Gasteiger partial charge in [0, 0.05) is 6.92 Å². The number of hydrogen-bond donors (Lipinski definition) is 2. The fourth-order valence-electron chi connectivity index (χ4n) is 9.78. The van der Waals surface area contributed by atoms with Gasteiger partial charge in [0.15, 0.2) is 6.61 Å². The van der Waals surface area contributed by atoms with Crippen LogP contribution < -0.4 is 0 Å². The van der Waals surface area contributed by atoms with E-state index < -0.39 is 72.1 Å². The zero-order valence-electron chi connectivity index (χ0n) is 23.4. The van der Waals surface area contributed by atoms with Gasteiger partial charge in [-0.25, -0.2) is 8.78 Å². The Morgan fingerprint density at radius 2 is 1.05 bits per heavy atom. The summed E-state index contributed by atoms with van der Waals surface area (Å²) in [6.07, 6.45) is 6.32. The normalized spacial score (nSPS) is 44.2. The zero-order chi connectivity index (χ0) is 28.7. The molecule has 0 heterocycles. The third-order valence-corrected chi connectivity index (χ3v) is 11.3. The highest BCUT2D eigenvalue weighted by Crippen LogP contribution is 2.61. The molecule has 8 nitrogen and oxygen atoms in total. The van der Waals surface area contributed by atoms with Gasteiger partial charge in [0.2, 0.25) is 0 Å². The quantitative estimate of drug-likeness (QED) is 0.320. The number of esters is 3. The van der Waals surface area contributed by atoms with E-state index in [1.165, 1.54) is 6.92 Å². The summed E-state index contributed by atoms with van der Waals surface area (Å²) in [5, 5.41) is 21.1. The van der Waals surface area contributed by atoms with Crippen molar-refractivity contribution in [1.82, 2.24) is 0 Å². The van der Waals surface area contributed by atoms with Crippen LogP contribution in [0, 0.1) is 51.8 Å². The molecule has 0 saturated heterocycles. The molecule has 4 unspecified atom stereocenters. The molecule has 8 saturated carbocycles. The Kier molecular flexibility index (Phi) is 6.80. The van der Waals surface area contributed by atoms with Crippen molar-refractivity contribution in [3.05, 3.63) is 0 Å². The Morgan fingerprint density at radius 1 is 0.675 bits per heavy atom. The summed E-state index contributed by atoms with van der Waals surface area (Å²) in [5.74, 6) is -4.21. The van der Waals surface area contributed by atoms with Gasteiger partial charge in [-0.3, -0.25) is 14.4 Å². The summed E-state index contributed by atoms with van der Waals surface area (Å²) in [6, 6.07) is 0. The standard InChI is InChI=1S/C30H42F2O8/c1-27(24(35)40-15-28(2,31)32,13-38-25(36)29-7-16-3-18(9-29)22(33)19(4-16)10-29)14-39-26(37)30-8-17-5-20(11-30)23(34)21(6-17)12-30/h16-23,33-34H,3-15H2,1-2H3. The lowest BCUT2D eigenvalue weighted by Crippen LogP contribution is -2.57. The SMILES string of the molecule is CC(F)(F)COC(=O)C(C)(COC(=O)C12CC3CC(C1)C(O)C(C3)C2)COC(=O)C12CC3CC(C1)C(O)C(C3)C2. The monoisotopic (exact) mass is 568 g/mol. The highest BCUT2D eigenvalue weighted by molar-refractivity contribution is 5.81. The molecule has 0 aromatic carbocycles. The van der Waals surface area contributed by atoms with Crippen molar-refractivity contribution in [2.75, 3.05) is 19.8 Å². The van der Waals surface area contributed by atoms with E-state index in [-0.39, 0.29) is 23.7 Å². The minimum absolute atomic E-state index is 0.0571. The molecule has 8 rings (SSSR count). The van der Waals surface area contributed by atoms with Crippen molar-refractivity contribution in [2.45, 2.75) is 96.2 Å².